The van der Waals surface area contributed by atoms with E-state index < -0.39 is 0 Å². The molecule has 2 bridgehead atoms. The van der Waals surface area contributed by atoms with Gasteiger partial charge in [0.05, 0.1) is 24.6 Å². The van der Waals surface area contributed by atoms with Crippen LogP contribution in [0.25, 0.3) is 0 Å². The topological polar surface area (TPSA) is 46.6 Å². The van der Waals surface area contributed by atoms with Crippen LogP contribution in [0.1, 0.15) is 19.3 Å². The standard InChI is InChI=1S/C14H17NO3/c1-18-14(17)11-8-15-7-3-5-9-4-2-6-10(11)13(16)12(9)15/h2,4,8-10,12H,3,5-7H2,1H3/t9-,10-,12-/m1/s1. The first-order chi connectivity index (χ1) is 8.72. The van der Waals surface area contributed by atoms with Gasteiger partial charge in [0.25, 0.3) is 0 Å². The largest absolute Gasteiger partial charge is 0.466 e. The van der Waals surface area contributed by atoms with Gasteiger partial charge in [0.2, 0.25) is 0 Å². The van der Waals surface area contributed by atoms with Gasteiger partial charge in [-0.3, -0.25) is 4.79 Å². The highest BCUT2D eigenvalue weighted by atomic mass is 16.5. The van der Waals surface area contributed by atoms with Crippen molar-refractivity contribution in [1.29, 1.82) is 0 Å². The van der Waals surface area contributed by atoms with E-state index in [-0.39, 0.29) is 23.7 Å². The van der Waals surface area contributed by atoms with E-state index in [0.717, 1.165) is 19.4 Å². The molecular weight excluding hydrogens is 230 g/mol. The van der Waals surface area contributed by atoms with Crippen LogP contribution in [0.15, 0.2) is 23.9 Å². The SMILES string of the molecule is COC(=O)C1=CN2CCC[C@H]3C=CC[C@H]1C(=O)[C@@H]32. The van der Waals surface area contributed by atoms with Gasteiger partial charge in [-0.15, -0.1) is 0 Å². The van der Waals surface area contributed by atoms with E-state index in [2.05, 4.69) is 12.2 Å². The van der Waals surface area contributed by atoms with E-state index in [9.17, 15) is 9.59 Å². The van der Waals surface area contributed by atoms with E-state index in [1.54, 1.807) is 0 Å². The third kappa shape index (κ3) is 1.59. The summed E-state index contributed by atoms with van der Waals surface area (Å²) in [5.41, 5.74) is 0.519. The van der Waals surface area contributed by atoms with Crippen LogP contribution in [-0.4, -0.2) is 36.3 Å². The Morgan fingerprint density at radius 3 is 3.11 bits per heavy atom. The maximum absolute atomic E-state index is 12.5. The van der Waals surface area contributed by atoms with Crippen molar-refractivity contribution in [2.24, 2.45) is 11.8 Å². The number of fused-ring (bicyclic) bond motifs is 1. The van der Waals surface area contributed by atoms with Gasteiger partial charge in [0, 0.05) is 18.7 Å². The van der Waals surface area contributed by atoms with Crippen molar-refractivity contribution in [3.05, 3.63) is 23.9 Å². The molecule has 0 unspecified atom stereocenters. The molecule has 18 heavy (non-hydrogen) atoms. The van der Waals surface area contributed by atoms with Crippen LogP contribution in [0, 0.1) is 11.8 Å². The van der Waals surface area contributed by atoms with Gasteiger partial charge < -0.3 is 9.64 Å². The molecule has 4 nitrogen and oxygen atoms in total. The highest BCUT2D eigenvalue weighted by Gasteiger charge is 2.45. The summed E-state index contributed by atoms with van der Waals surface area (Å²) in [6, 6.07) is -0.0593. The van der Waals surface area contributed by atoms with Crippen molar-refractivity contribution in [3.63, 3.8) is 0 Å². The highest BCUT2D eigenvalue weighted by Crippen LogP contribution is 2.38. The molecule has 0 N–H and O–H groups in total. The fourth-order valence-electron chi connectivity index (χ4n) is 3.35. The Balaban J connectivity index is 2.05. The molecule has 0 aromatic heterocycles. The second-order valence-corrected chi connectivity index (χ2v) is 5.18. The van der Waals surface area contributed by atoms with Gasteiger partial charge in [0.15, 0.2) is 5.78 Å². The summed E-state index contributed by atoms with van der Waals surface area (Å²) >= 11 is 0. The maximum atomic E-state index is 12.5. The molecule has 0 aromatic carbocycles. The molecule has 0 spiro atoms. The Hall–Kier alpha value is -1.58. The molecule has 4 heteroatoms. The quantitative estimate of drug-likeness (QED) is 0.517. The van der Waals surface area contributed by atoms with Gasteiger partial charge in [0.1, 0.15) is 0 Å². The number of rotatable bonds is 1. The molecule has 0 aromatic rings. The van der Waals surface area contributed by atoms with Gasteiger partial charge in [-0.2, -0.15) is 0 Å². The number of esters is 1. The number of methoxy groups -OCH3 is 1. The average Bonchev–Trinajstić information content (AvgIpc) is 2.53. The zero-order valence-corrected chi connectivity index (χ0v) is 10.5. The lowest BCUT2D eigenvalue weighted by atomic mass is 9.79. The van der Waals surface area contributed by atoms with Crippen LogP contribution in [-0.2, 0) is 14.3 Å². The van der Waals surface area contributed by atoms with Gasteiger partial charge in [-0.05, 0) is 19.3 Å². The summed E-state index contributed by atoms with van der Waals surface area (Å²) in [6.07, 6.45) is 8.83. The molecule has 0 radical (unpaired) electrons. The fraction of sp³-hybridized carbons (Fsp3) is 0.571. The molecule has 3 aliphatic rings. The van der Waals surface area contributed by atoms with E-state index in [0.29, 0.717) is 17.9 Å². The number of hydrogen-bond donors (Lipinski definition) is 0. The van der Waals surface area contributed by atoms with Crippen LogP contribution < -0.4 is 0 Å². The van der Waals surface area contributed by atoms with Crippen molar-refractivity contribution in [3.8, 4) is 0 Å². The Morgan fingerprint density at radius 2 is 2.33 bits per heavy atom. The number of carbonyl (C=O) groups excluding carboxylic acids is 2. The first-order valence-electron chi connectivity index (χ1n) is 6.48. The maximum Gasteiger partial charge on any atom is 0.335 e. The molecule has 0 amide bonds. The average molecular weight is 247 g/mol. The number of hydrogen-bond acceptors (Lipinski definition) is 4. The highest BCUT2D eigenvalue weighted by molar-refractivity contribution is 6.01. The van der Waals surface area contributed by atoms with Crippen molar-refractivity contribution in [1.82, 2.24) is 4.90 Å². The molecule has 3 atom stereocenters. The number of carbonyl (C=O) groups is 2. The minimum atomic E-state index is -0.371. The van der Waals surface area contributed by atoms with Crippen LogP contribution in [0.3, 0.4) is 0 Å². The van der Waals surface area contributed by atoms with Crippen LogP contribution in [0.5, 0.6) is 0 Å². The molecule has 0 saturated carbocycles. The summed E-state index contributed by atoms with van der Waals surface area (Å²) in [6.45, 7) is 0.855. The summed E-state index contributed by atoms with van der Waals surface area (Å²) < 4.78 is 4.80. The zero-order chi connectivity index (χ0) is 12.7. The monoisotopic (exact) mass is 247 g/mol. The Bertz CT molecular complexity index is 452. The van der Waals surface area contributed by atoms with Crippen molar-refractivity contribution >= 4 is 11.8 Å². The van der Waals surface area contributed by atoms with Crippen molar-refractivity contribution < 1.29 is 14.3 Å². The predicted octanol–water partition coefficient (Wildman–Crippen LogP) is 1.28. The second kappa shape index (κ2) is 4.26. The fourth-order valence-corrected chi connectivity index (χ4v) is 3.35. The second-order valence-electron chi connectivity index (χ2n) is 5.18. The molecule has 1 fully saturated rings. The molecular formula is C14H17NO3. The van der Waals surface area contributed by atoms with E-state index in [4.69, 9.17) is 4.74 Å². The minimum Gasteiger partial charge on any atom is -0.466 e. The van der Waals surface area contributed by atoms with Crippen LogP contribution in [0.2, 0.25) is 0 Å². The van der Waals surface area contributed by atoms with Crippen LogP contribution >= 0.6 is 0 Å². The Labute approximate surface area is 106 Å². The first kappa shape index (κ1) is 11.5. The van der Waals surface area contributed by atoms with Crippen molar-refractivity contribution in [2.45, 2.75) is 25.3 Å². The number of Topliss-reactive ketones (excluding diaryl/α,β-unsaturated/α-hetero) is 1. The molecule has 3 rings (SSSR count). The molecule has 2 aliphatic heterocycles. The van der Waals surface area contributed by atoms with Gasteiger partial charge >= 0.3 is 5.97 Å². The molecule has 1 saturated heterocycles. The molecule has 96 valence electrons. The van der Waals surface area contributed by atoms with E-state index in [1.165, 1.54) is 7.11 Å². The Morgan fingerprint density at radius 1 is 1.50 bits per heavy atom. The Kier molecular flexibility index (Phi) is 2.73. The van der Waals surface area contributed by atoms with Gasteiger partial charge in [-0.25, -0.2) is 4.79 Å². The summed E-state index contributed by atoms with van der Waals surface area (Å²) in [5.74, 6) is -0.179. The third-order valence-electron chi connectivity index (χ3n) is 4.21. The van der Waals surface area contributed by atoms with Crippen LogP contribution in [0.4, 0.5) is 0 Å². The number of ketones is 1. The molecule has 2 heterocycles. The third-order valence-corrected chi connectivity index (χ3v) is 4.21. The van der Waals surface area contributed by atoms with Gasteiger partial charge in [-0.1, -0.05) is 12.2 Å². The number of nitrogens with zero attached hydrogens (tertiary/aromatic N) is 1. The van der Waals surface area contributed by atoms with E-state index >= 15 is 0 Å². The number of allylic oxidation sites excluding steroid dienone is 1. The van der Waals surface area contributed by atoms with E-state index in [1.807, 2.05) is 11.1 Å². The van der Waals surface area contributed by atoms with Crippen molar-refractivity contribution in [2.75, 3.05) is 13.7 Å². The number of ether oxygens (including phenoxy) is 1. The summed E-state index contributed by atoms with van der Waals surface area (Å²) in [4.78, 5) is 26.4. The lowest BCUT2D eigenvalue weighted by Crippen LogP contribution is -2.52. The number of piperidine rings is 1. The first-order valence-corrected chi connectivity index (χ1v) is 6.48. The smallest absolute Gasteiger partial charge is 0.335 e. The lowest BCUT2D eigenvalue weighted by Gasteiger charge is -2.42. The summed E-state index contributed by atoms with van der Waals surface area (Å²) in [7, 11) is 1.37. The zero-order valence-electron chi connectivity index (χ0n) is 10.5. The molecule has 1 aliphatic carbocycles. The predicted molar refractivity (Wildman–Crippen MR) is 65.6 cm³/mol. The normalized spacial score (nSPS) is 33.8. The minimum absolute atomic E-state index is 0.0593. The lowest BCUT2D eigenvalue weighted by molar-refractivity contribution is -0.140. The summed E-state index contributed by atoms with van der Waals surface area (Å²) in [5, 5.41) is 0.